The van der Waals surface area contributed by atoms with Gasteiger partial charge in [0, 0.05) is 5.56 Å². The Morgan fingerprint density at radius 2 is 2.11 bits per heavy atom. The van der Waals surface area contributed by atoms with Gasteiger partial charge in [-0.3, -0.25) is 9.78 Å². The van der Waals surface area contributed by atoms with E-state index in [1.54, 1.807) is 6.92 Å². The summed E-state index contributed by atoms with van der Waals surface area (Å²) in [5, 5.41) is 18.8. The first-order valence-electron chi connectivity index (χ1n) is 5.93. The molecular weight excluding hydrogens is 232 g/mol. The number of nitrogens with zero attached hydrogens (tertiary/aromatic N) is 1. The fourth-order valence-electron chi connectivity index (χ4n) is 1.95. The molecule has 0 saturated carbocycles. The van der Waals surface area contributed by atoms with Gasteiger partial charge >= 0.3 is 0 Å². The molecule has 0 aliphatic carbocycles. The zero-order chi connectivity index (χ0) is 13.9. The number of nitriles is 1. The molecule has 1 unspecified atom stereocenters. The molecule has 1 heterocycles. The molecule has 5 nitrogen and oxygen atoms in total. The number of ether oxygens (including phenoxy) is 1. The molecule has 18 heavy (non-hydrogen) atoms. The average molecular weight is 250 g/mol. The van der Waals surface area contributed by atoms with E-state index in [9.17, 15) is 9.90 Å². The van der Waals surface area contributed by atoms with Crippen molar-refractivity contribution in [1.82, 2.24) is 4.98 Å². The normalized spacial score (nSPS) is 12.4. The lowest BCUT2D eigenvalue weighted by Gasteiger charge is -2.22. The van der Waals surface area contributed by atoms with Gasteiger partial charge in [0.05, 0.1) is 12.2 Å². The van der Waals surface area contributed by atoms with Crippen molar-refractivity contribution in [1.29, 1.82) is 5.26 Å². The largest absolute Gasteiger partial charge is 0.494 e. The fourth-order valence-corrected chi connectivity index (χ4v) is 1.95. The maximum absolute atomic E-state index is 11.5. The Hall–Kier alpha value is -1.80. The van der Waals surface area contributed by atoms with Gasteiger partial charge in [-0.2, -0.15) is 5.26 Å². The molecule has 1 rings (SSSR count). The second-order valence-corrected chi connectivity index (χ2v) is 4.41. The van der Waals surface area contributed by atoms with Crippen molar-refractivity contribution in [3.05, 3.63) is 27.0 Å². The maximum Gasteiger partial charge on any atom is 0.268 e. The first kappa shape index (κ1) is 14.3. The van der Waals surface area contributed by atoms with Gasteiger partial charge in [-0.15, -0.1) is 0 Å². The standard InChI is InChI=1S/C13H18N2O3/c1-5-10(18-7(2)3)11-8(4)9(6-14)12(16)15-13(11)17/h7,10H,5H2,1-4H3,(H2,15,16,17). The molecule has 0 spiro atoms. The summed E-state index contributed by atoms with van der Waals surface area (Å²) in [7, 11) is 0. The van der Waals surface area contributed by atoms with Crippen molar-refractivity contribution in [2.24, 2.45) is 0 Å². The first-order valence-corrected chi connectivity index (χ1v) is 5.93. The molecule has 0 aliphatic heterocycles. The molecule has 98 valence electrons. The van der Waals surface area contributed by atoms with E-state index in [-0.39, 0.29) is 23.7 Å². The quantitative estimate of drug-likeness (QED) is 0.857. The first-order chi connectivity index (χ1) is 8.42. The van der Waals surface area contributed by atoms with Gasteiger partial charge in [0.1, 0.15) is 11.6 Å². The Morgan fingerprint density at radius 3 is 2.56 bits per heavy atom. The number of aromatic hydroxyl groups is 1. The van der Waals surface area contributed by atoms with Crippen molar-refractivity contribution in [3.8, 4) is 11.9 Å². The van der Waals surface area contributed by atoms with Crippen LogP contribution in [-0.4, -0.2) is 16.2 Å². The predicted molar refractivity (Wildman–Crippen MR) is 67.4 cm³/mol. The Bertz CT molecular complexity index is 526. The van der Waals surface area contributed by atoms with E-state index in [1.165, 1.54) is 0 Å². The highest BCUT2D eigenvalue weighted by Gasteiger charge is 2.22. The van der Waals surface area contributed by atoms with Gasteiger partial charge in [-0.25, -0.2) is 0 Å². The van der Waals surface area contributed by atoms with Crippen molar-refractivity contribution in [2.45, 2.75) is 46.3 Å². The molecule has 1 atom stereocenters. The monoisotopic (exact) mass is 250 g/mol. The summed E-state index contributed by atoms with van der Waals surface area (Å²) in [6.07, 6.45) is 0.295. The van der Waals surface area contributed by atoms with Gasteiger partial charge in [-0.05, 0) is 32.8 Å². The number of hydrogen-bond donors (Lipinski definition) is 2. The molecule has 0 radical (unpaired) electrons. The Labute approximate surface area is 106 Å². The van der Waals surface area contributed by atoms with E-state index in [0.29, 0.717) is 17.5 Å². The van der Waals surface area contributed by atoms with Crippen LogP contribution in [0.1, 0.15) is 50.0 Å². The van der Waals surface area contributed by atoms with Crippen LogP contribution >= 0.6 is 0 Å². The number of pyridine rings is 1. The number of H-pyrrole nitrogens is 1. The molecule has 0 amide bonds. The molecule has 5 heteroatoms. The molecule has 0 bridgehead atoms. The lowest BCUT2D eigenvalue weighted by atomic mass is 9.99. The van der Waals surface area contributed by atoms with Gasteiger partial charge < -0.3 is 9.84 Å². The number of hydrogen-bond acceptors (Lipinski definition) is 4. The minimum Gasteiger partial charge on any atom is -0.494 e. The average Bonchev–Trinajstić information content (AvgIpc) is 2.26. The molecule has 1 aromatic rings. The topological polar surface area (TPSA) is 86.1 Å². The van der Waals surface area contributed by atoms with Gasteiger partial charge in [0.25, 0.3) is 5.56 Å². The second kappa shape index (κ2) is 5.69. The maximum atomic E-state index is 11.5. The van der Waals surface area contributed by atoms with E-state index in [2.05, 4.69) is 4.98 Å². The molecule has 0 aromatic carbocycles. The van der Waals surface area contributed by atoms with Gasteiger partial charge in [-0.1, -0.05) is 6.92 Å². The van der Waals surface area contributed by atoms with E-state index in [0.717, 1.165) is 0 Å². The minimum absolute atomic E-state index is 0.00814. The van der Waals surface area contributed by atoms with Crippen LogP contribution < -0.4 is 5.56 Å². The van der Waals surface area contributed by atoms with Crippen LogP contribution in [0.15, 0.2) is 4.79 Å². The molecule has 0 fully saturated rings. The van der Waals surface area contributed by atoms with Crippen LogP contribution in [0.4, 0.5) is 0 Å². The fraction of sp³-hybridized carbons (Fsp3) is 0.538. The summed E-state index contributed by atoms with van der Waals surface area (Å²) < 4.78 is 5.70. The van der Waals surface area contributed by atoms with Gasteiger partial charge in [0.2, 0.25) is 0 Å². The lowest BCUT2D eigenvalue weighted by molar-refractivity contribution is 0.00262. The zero-order valence-electron chi connectivity index (χ0n) is 11.1. The van der Waals surface area contributed by atoms with Crippen molar-refractivity contribution < 1.29 is 9.84 Å². The predicted octanol–water partition coefficient (Wildman–Crippen LogP) is 2.14. The van der Waals surface area contributed by atoms with Crippen LogP contribution in [0.25, 0.3) is 0 Å². The number of nitrogens with one attached hydrogen (secondary N) is 1. The molecule has 1 aromatic heterocycles. The van der Waals surface area contributed by atoms with Crippen molar-refractivity contribution in [3.63, 3.8) is 0 Å². The highest BCUT2D eigenvalue weighted by atomic mass is 16.5. The van der Waals surface area contributed by atoms with Gasteiger partial charge in [0.15, 0.2) is 5.88 Å². The third kappa shape index (κ3) is 2.71. The number of aromatic nitrogens is 1. The summed E-state index contributed by atoms with van der Waals surface area (Å²) in [5.74, 6) is -0.219. The Kier molecular flexibility index (Phi) is 4.51. The number of rotatable bonds is 4. The van der Waals surface area contributed by atoms with E-state index in [4.69, 9.17) is 10.00 Å². The molecule has 0 aliphatic rings. The number of aromatic amines is 1. The highest BCUT2D eigenvalue weighted by molar-refractivity contribution is 5.45. The SMILES string of the molecule is CCC(OC(C)C)c1c(O)[nH]c(=O)c(C#N)c1C. The summed E-state index contributed by atoms with van der Waals surface area (Å²) in [5.41, 5.74) is 0.415. The zero-order valence-corrected chi connectivity index (χ0v) is 11.1. The summed E-state index contributed by atoms with van der Waals surface area (Å²) in [6, 6.07) is 1.85. The summed E-state index contributed by atoms with van der Waals surface area (Å²) in [4.78, 5) is 13.8. The molecular formula is C13H18N2O3. The van der Waals surface area contributed by atoms with Crippen LogP contribution in [0.3, 0.4) is 0 Å². The minimum atomic E-state index is -0.573. The molecule has 0 saturated heterocycles. The van der Waals surface area contributed by atoms with E-state index in [1.807, 2.05) is 26.8 Å². The van der Waals surface area contributed by atoms with Crippen LogP contribution in [0, 0.1) is 18.3 Å². The highest BCUT2D eigenvalue weighted by Crippen LogP contribution is 2.31. The smallest absolute Gasteiger partial charge is 0.268 e. The third-order valence-corrected chi connectivity index (χ3v) is 2.73. The Morgan fingerprint density at radius 1 is 1.50 bits per heavy atom. The Balaban J connectivity index is 3.40. The lowest BCUT2D eigenvalue weighted by Crippen LogP contribution is -2.18. The van der Waals surface area contributed by atoms with E-state index < -0.39 is 5.56 Å². The summed E-state index contributed by atoms with van der Waals surface area (Å²) in [6.45, 7) is 7.36. The van der Waals surface area contributed by atoms with Crippen molar-refractivity contribution in [2.75, 3.05) is 0 Å². The second-order valence-electron chi connectivity index (χ2n) is 4.41. The van der Waals surface area contributed by atoms with E-state index >= 15 is 0 Å². The van der Waals surface area contributed by atoms with Crippen LogP contribution in [0.5, 0.6) is 5.88 Å². The summed E-state index contributed by atoms with van der Waals surface area (Å²) >= 11 is 0. The molecule has 2 N–H and O–H groups in total. The van der Waals surface area contributed by atoms with Crippen LogP contribution in [0.2, 0.25) is 0 Å². The van der Waals surface area contributed by atoms with Crippen molar-refractivity contribution >= 4 is 0 Å². The van der Waals surface area contributed by atoms with Crippen LogP contribution in [-0.2, 0) is 4.74 Å². The third-order valence-electron chi connectivity index (χ3n) is 2.73.